The highest BCUT2D eigenvalue weighted by molar-refractivity contribution is 6.14. The van der Waals surface area contributed by atoms with Gasteiger partial charge < -0.3 is 10.5 Å². The second-order valence-corrected chi connectivity index (χ2v) is 4.70. The van der Waals surface area contributed by atoms with Gasteiger partial charge in [-0.2, -0.15) is 0 Å². The van der Waals surface area contributed by atoms with Gasteiger partial charge in [-0.1, -0.05) is 18.2 Å². The Bertz CT molecular complexity index is 695. The lowest BCUT2D eigenvalue weighted by molar-refractivity contribution is 0.417. The van der Waals surface area contributed by atoms with Gasteiger partial charge in [0.05, 0.1) is 18.5 Å². The van der Waals surface area contributed by atoms with Crippen LogP contribution < -0.4 is 10.5 Å². The first-order valence-corrected chi connectivity index (χ1v) is 6.47. The number of fused-ring (bicyclic) bond motifs is 1. The quantitative estimate of drug-likeness (QED) is 0.853. The molecule has 2 N–H and O–H groups in total. The van der Waals surface area contributed by atoms with E-state index >= 15 is 0 Å². The van der Waals surface area contributed by atoms with Crippen molar-refractivity contribution in [3.63, 3.8) is 0 Å². The van der Waals surface area contributed by atoms with Crippen LogP contribution in [0.15, 0.2) is 41.4 Å². The lowest BCUT2D eigenvalue weighted by Crippen LogP contribution is -2.15. The number of nitrogen functional groups attached to an aromatic ring is 1. The van der Waals surface area contributed by atoms with E-state index in [9.17, 15) is 4.39 Å². The largest absolute Gasteiger partial charge is 0.495 e. The van der Waals surface area contributed by atoms with Crippen molar-refractivity contribution in [2.45, 2.75) is 6.42 Å². The molecule has 4 heteroatoms. The topological polar surface area (TPSA) is 47.6 Å². The summed E-state index contributed by atoms with van der Waals surface area (Å²) in [6.45, 7) is 0.593. The van der Waals surface area contributed by atoms with Gasteiger partial charge in [-0.3, -0.25) is 4.99 Å². The van der Waals surface area contributed by atoms with Crippen molar-refractivity contribution in [2.75, 3.05) is 19.4 Å². The van der Waals surface area contributed by atoms with E-state index in [-0.39, 0.29) is 5.82 Å². The van der Waals surface area contributed by atoms with E-state index in [1.807, 2.05) is 18.2 Å². The Kier molecular flexibility index (Phi) is 3.14. The van der Waals surface area contributed by atoms with Crippen molar-refractivity contribution in [3.8, 4) is 5.75 Å². The fourth-order valence-electron chi connectivity index (χ4n) is 2.50. The van der Waals surface area contributed by atoms with Gasteiger partial charge in [-0.25, -0.2) is 4.39 Å². The van der Waals surface area contributed by atoms with E-state index in [0.29, 0.717) is 24.4 Å². The monoisotopic (exact) mass is 270 g/mol. The number of ether oxygens (including phenoxy) is 1. The van der Waals surface area contributed by atoms with Gasteiger partial charge >= 0.3 is 0 Å². The van der Waals surface area contributed by atoms with Crippen molar-refractivity contribution in [2.24, 2.45) is 4.99 Å². The van der Waals surface area contributed by atoms with Crippen molar-refractivity contribution < 1.29 is 9.13 Å². The molecule has 0 fully saturated rings. The molecule has 0 bridgehead atoms. The van der Waals surface area contributed by atoms with Crippen LogP contribution in [0.2, 0.25) is 0 Å². The van der Waals surface area contributed by atoms with Gasteiger partial charge in [0, 0.05) is 17.7 Å². The van der Waals surface area contributed by atoms with Gasteiger partial charge in [-0.05, 0) is 30.2 Å². The molecule has 0 aliphatic carbocycles. The van der Waals surface area contributed by atoms with Crippen LogP contribution in [0.3, 0.4) is 0 Å². The summed E-state index contributed by atoms with van der Waals surface area (Å²) in [6.07, 6.45) is 0.637. The number of nitrogens with two attached hydrogens (primary N) is 1. The Hall–Kier alpha value is -2.36. The molecule has 0 atom stereocenters. The zero-order valence-electron chi connectivity index (χ0n) is 11.2. The standard InChI is InChI=1S/C16H15FN2O/c1-20-15-9-10(5-6-14(15)18)16-12-3-2-4-13(17)11(12)7-8-19-16/h2-6,9H,7-8,18H2,1H3. The Balaban J connectivity index is 2.12. The summed E-state index contributed by atoms with van der Waals surface area (Å²) >= 11 is 0. The Morgan fingerprint density at radius 2 is 2.10 bits per heavy atom. The summed E-state index contributed by atoms with van der Waals surface area (Å²) in [5.74, 6) is 0.436. The van der Waals surface area contributed by atoms with E-state index in [1.54, 1.807) is 19.2 Å². The predicted molar refractivity (Wildman–Crippen MR) is 78.0 cm³/mol. The average molecular weight is 270 g/mol. The molecule has 0 saturated carbocycles. The Morgan fingerprint density at radius 3 is 2.90 bits per heavy atom. The number of hydrogen-bond acceptors (Lipinski definition) is 3. The molecule has 1 aliphatic rings. The number of rotatable bonds is 2. The highest BCUT2D eigenvalue weighted by Gasteiger charge is 2.19. The smallest absolute Gasteiger partial charge is 0.142 e. The second kappa shape index (κ2) is 4.96. The molecule has 0 unspecified atom stereocenters. The number of nitrogens with zero attached hydrogens (tertiary/aromatic N) is 1. The van der Waals surface area contributed by atoms with Crippen LogP contribution in [-0.4, -0.2) is 19.4 Å². The van der Waals surface area contributed by atoms with Crippen LogP contribution in [-0.2, 0) is 6.42 Å². The molecule has 2 aromatic carbocycles. The molecule has 0 spiro atoms. The first-order chi connectivity index (χ1) is 9.70. The van der Waals surface area contributed by atoms with Crippen molar-refractivity contribution in [1.82, 2.24) is 0 Å². The fraction of sp³-hybridized carbons (Fsp3) is 0.188. The SMILES string of the molecule is COc1cc(C2=NCCc3c(F)cccc32)ccc1N. The van der Waals surface area contributed by atoms with Gasteiger partial charge in [-0.15, -0.1) is 0 Å². The number of benzene rings is 2. The lowest BCUT2D eigenvalue weighted by Gasteiger charge is -2.18. The maximum absolute atomic E-state index is 13.9. The van der Waals surface area contributed by atoms with E-state index in [0.717, 1.165) is 22.4 Å². The first-order valence-electron chi connectivity index (χ1n) is 6.47. The van der Waals surface area contributed by atoms with Crippen molar-refractivity contribution in [3.05, 3.63) is 58.9 Å². The normalized spacial score (nSPS) is 13.6. The molecule has 0 aromatic heterocycles. The van der Waals surface area contributed by atoms with Gasteiger partial charge in [0.15, 0.2) is 0 Å². The number of hydrogen-bond donors (Lipinski definition) is 1. The molecule has 0 radical (unpaired) electrons. The Labute approximate surface area is 116 Å². The molecule has 1 aliphatic heterocycles. The number of halogens is 1. The minimum Gasteiger partial charge on any atom is -0.495 e. The molecule has 0 amide bonds. The van der Waals surface area contributed by atoms with E-state index in [1.165, 1.54) is 6.07 Å². The second-order valence-electron chi connectivity index (χ2n) is 4.70. The zero-order valence-corrected chi connectivity index (χ0v) is 11.2. The molecule has 0 saturated heterocycles. The van der Waals surface area contributed by atoms with Crippen LogP contribution in [0.5, 0.6) is 5.75 Å². The van der Waals surface area contributed by atoms with Crippen molar-refractivity contribution in [1.29, 1.82) is 0 Å². The summed E-state index contributed by atoms with van der Waals surface area (Å²) in [5.41, 5.74) is 9.67. The van der Waals surface area contributed by atoms with Crippen LogP contribution in [0.4, 0.5) is 10.1 Å². The van der Waals surface area contributed by atoms with Crippen LogP contribution >= 0.6 is 0 Å². The third kappa shape index (κ3) is 2.03. The summed E-state index contributed by atoms with van der Waals surface area (Å²) in [4.78, 5) is 4.54. The highest BCUT2D eigenvalue weighted by atomic mass is 19.1. The highest BCUT2D eigenvalue weighted by Crippen LogP contribution is 2.27. The minimum absolute atomic E-state index is 0.169. The average Bonchev–Trinajstić information content (AvgIpc) is 2.48. The molecule has 2 aromatic rings. The Morgan fingerprint density at radius 1 is 1.25 bits per heavy atom. The van der Waals surface area contributed by atoms with Crippen LogP contribution in [0.1, 0.15) is 16.7 Å². The summed E-state index contributed by atoms with van der Waals surface area (Å²) in [5, 5.41) is 0. The summed E-state index contributed by atoms with van der Waals surface area (Å²) in [6, 6.07) is 10.6. The number of aliphatic imine (C=N–C) groups is 1. The summed E-state index contributed by atoms with van der Waals surface area (Å²) in [7, 11) is 1.58. The third-order valence-corrected chi connectivity index (χ3v) is 3.51. The van der Waals surface area contributed by atoms with E-state index in [2.05, 4.69) is 4.99 Å². The maximum Gasteiger partial charge on any atom is 0.142 e. The molecule has 20 heavy (non-hydrogen) atoms. The zero-order chi connectivity index (χ0) is 14.1. The first kappa shape index (κ1) is 12.7. The fourth-order valence-corrected chi connectivity index (χ4v) is 2.50. The predicted octanol–water partition coefficient (Wildman–Crippen LogP) is 2.81. The third-order valence-electron chi connectivity index (χ3n) is 3.51. The van der Waals surface area contributed by atoms with E-state index in [4.69, 9.17) is 10.5 Å². The molecule has 3 nitrogen and oxygen atoms in total. The number of anilines is 1. The van der Waals surface area contributed by atoms with Crippen LogP contribution in [0, 0.1) is 5.82 Å². The minimum atomic E-state index is -0.169. The molecule has 1 heterocycles. The van der Waals surface area contributed by atoms with Gasteiger partial charge in [0.2, 0.25) is 0 Å². The summed E-state index contributed by atoms with van der Waals surface area (Å²) < 4.78 is 19.1. The van der Waals surface area contributed by atoms with Crippen LogP contribution in [0.25, 0.3) is 0 Å². The van der Waals surface area contributed by atoms with Gasteiger partial charge in [0.25, 0.3) is 0 Å². The molecule has 3 rings (SSSR count). The molecular formula is C16H15FN2O. The van der Waals surface area contributed by atoms with E-state index < -0.39 is 0 Å². The maximum atomic E-state index is 13.9. The van der Waals surface area contributed by atoms with Gasteiger partial charge in [0.1, 0.15) is 11.6 Å². The number of methoxy groups -OCH3 is 1. The van der Waals surface area contributed by atoms with Crippen molar-refractivity contribution >= 4 is 11.4 Å². The molecular weight excluding hydrogens is 255 g/mol. The lowest BCUT2D eigenvalue weighted by atomic mass is 9.93. The molecule has 102 valence electrons.